The van der Waals surface area contributed by atoms with E-state index in [-0.39, 0.29) is 12.4 Å². The summed E-state index contributed by atoms with van der Waals surface area (Å²) in [6, 6.07) is 5.49. The van der Waals surface area contributed by atoms with Crippen LogP contribution in [0.2, 0.25) is 0 Å². The summed E-state index contributed by atoms with van der Waals surface area (Å²) in [7, 11) is 1.59. The Morgan fingerprint density at radius 2 is 1.94 bits per heavy atom. The van der Waals surface area contributed by atoms with Crippen molar-refractivity contribution >= 4 is 18.4 Å². The van der Waals surface area contributed by atoms with E-state index in [1.54, 1.807) is 31.4 Å². The average Bonchev–Trinajstić information content (AvgIpc) is 2.28. The number of carboxylic acids is 1. The minimum absolute atomic E-state index is 0. The van der Waals surface area contributed by atoms with Crippen molar-refractivity contribution in [2.45, 2.75) is 18.8 Å². The summed E-state index contributed by atoms with van der Waals surface area (Å²) < 4.78 is 4.93. The highest BCUT2D eigenvalue weighted by Crippen LogP contribution is 2.16. The number of hydrogen-bond donors (Lipinski definition) is 3. The third-order valence-electron chi connectivity index (χ3n) is 2.26. The molecule has 1 rings (SSSR count). The molecule has 0 aromatic heterocycles. The third kappa shape index (κ3) is 4.32. The number of nitrogens with two attached hydrogens (primary N) is 1. The number of halogens is 1. The molecule has 0 amide bonds. The predicted octanol–water partition coefficient (Wildman–Crippen LogP) is 0.700. The van der Waals surface area contributed by atoms with Crippen molar-refractivity contribution in [3.63, 3.8) is 0 Å². The monoisotopic (exact) mass is 261 g/mol. The van der Waals surface area contributed by atoms with Gasteiger partial charge in [0.15, 0.2) is 0 Å². The highest BCUT2D eigenvalue weighted by atomic mass is 35.5. The second-order valence-electron chi connectivity index (χ2n) is 3.48. The third-order valence-corrected chi connectivity index (χ3v) is 2.26. The topological polar surface area (TPSA) is 92.8 Å². The molecule has 5 nitrogen and oxygen atoms in total. The van der Waals surface area contributed by atoms with Gasteiger partial charge in [-0.3, -0.25) is 4.79 Å². The molecule has 0 radical (unpaired) electrons. The molecule has 0 spiro atoms. The molecule has 0 bridgehead atoms. The van der Waals surface area contributed by atoms with Crippen molar-refractivity contribution in [1.82, 2.24) is 0 Å². The van der Waals surface area contributed by atoms with E-state index in [0.29, 0.717) is 12.2 Å². The number of carboxylic acid groups (broad SMARTS) is 1. The first-order valence-corrected chi connectivity index (χ1v) is 4.80. The molecular formula is C11H16ClNO4. The van der Waals surface area contributed by atoms with Gasteiger partial charge in [-0.25, -0.2) is 0 Å². The van der Waals surface area contributed by atoms with Crippen molar-refractivity contribution < 1.29 is 19.7 Å². The maximum absolute atomic E-state index is 10.6. The molecule has 6 heteroatoms. The predicted molar refractivity (Wildman–Crippen MR) is 65.0 cm³/mol. The second-order valence-corrected chi connectivity index (χ2v) is 3.48. The number of rotatable bonds is 5. The molecule has 0 fully saturated rings. The lowest BCUT2D eigenvalue weighted by Crippen LogP contribution is -2.36. The van der Waals surface area contributed by atoms with E-state index in [2.05, 4.69) is 0 Å². The summed E-state index contributed by atoms with van der Waals surface area (Å²) >= 11 is 0. The number of carbonyl (C=O) groups is 1. The van der Waals surface area contributed by atoms with Crippen LogP contribution in [0.5, 0.6) is 0 Å². The number of benzene rings is 1. The minimum atomic E-state index is -1.31. The fraction of sp³-hybridized carbons (Fsp3) is 0.364. The van der Waals surface area contributed by atoms with E-state index in [1.165, 1.54) is 0 Å². The first-order valence-electron chi connectivity index (χ1n) is 4.80. The van der Waals surface area contributed by atoms with Crippen LogP contribution < -0.4 is 5.73 Å². The lowest BCUT2D eigenvalue weighted by molar-refractivity contribution is -0.141. The molecule has 1 aromatic rings. The molecule has 0 unspecified atom stereocenters. The highest BCUT2D eigenvalue weighted by molar-refractivity contribution is 5.85. The van der Waals surface area contributed by atoms with E-state index >= 15 is 0 Å². The van der Waals surface area contributed by atoms with Crippen molar-refractivity contribution in [3.8, 4) is 0 Å². The van der Waals surface area contributed by atoms with Crippen LogP contribution in [0, 0.1) is 0 Å². The molecule has 96 valence electrons. The summed E-state index contributed by atoms with van der Waals surface area (Å²) in [6.45, 7) is 0.474. The van der Waals surface area contributed by atoms with Crippen LogP contribution >= 0.6 is 12.4 Å². The minimum Gasteiger partial charge on any atom is -0.480 e. The lowest BCUT2D eigenvalue weighted by atomic mass is 10.0. The molecule has 0 saturated heterocycles. The van der Waals surface area contributed by atoms with E-state index < -0.39 is 18.1 Å². The summed E-state index contributed by atoms with van der Waals surface area (Å²) in [4.78, 5) is 10.6. The highest BCUT2D eigenvalue weighted by Gasteiger charge is 2.23. The Kier molecular flexibility index (Phi) is 6.75. The zero-order valence-electron chi connectivity index (χ0n) is 9.37. The van der Waals surface area contributed by atoms with Gasteiger partial charge in [0.05, 0.1) is 6.61 Å². The van der Waals surface area contributed by atoms with E-state index in [9.17, 15) is 9.90 Å². The quantitative estimate of drug-likeness (QED) is 0.726. The van der Waals surface area contributed by atoms with Gasteiger partial charge >= 0.3 is 5.97 Å². The Morgan fingerprint density at radius 3 is 2.35 bits per heavy atom. The maximum atomic E-state index is 10.6. The van der Waals surface area contributed by atoms with Crippen molar-refractivity contribution in [1.29, 1.82) is 0 Å². The molecule has 0 aliphatic carbocycles. The fourth-order valence-corrected chi connectivity index (χ4v) is 1.32. The van der Waals surface area contributed by atoms with Crippen LogP contribution in [0.1, 0.15) is 17.2 Å². The Balaban J connectivity index is 0.00000256. The standard InChI is InChI=1S/C11H15NO4.ClH/c1-16-6-7-2-4-8(5-3-7)10(13)9(12)11(14)15;/h2-5,9-10,13H,6,12H2,1H3,(H,14,15);1H/t9-,10+;/m0./s1. The molecule has 1 aromatic carbocycles. The van der Waals surface area contributed by atoms with E-state index in [4.69, 9.17) is 15.6 Å². The fourth-order valence-electron chi connectivity index (χ4n) is 1.32. The summed E-state index contributed by atoms with van der Waals surface area (Å²) in [5.74, 6) is -1.23. The van der Waals surface area contributed by atoms with Crippen LogP contribution in [0.15, 0.2) is 24.3 Å². The number of hydrogen-bond acceptors (Lipinski definition) is 4. The summed E-state index contributed by atoms with van der Waals surface area (Å²) in [5.41, 5.74) is 6.74. The van der Waals surface area contributed by atoms with Gasteiger partial charge in [-0.2, -0.15) is 0 Å². The van der Waals surface area contributed by atoms with Crippen LogP contribution in [-0.4, -0.2) is 29.3 Å². The van der Waals surface area contributed by atoms with Crippen molar-refractivity contribution in [2.75, 3.05) is 7.11 Å². The molecule has 2 atom stereocenters. The number of aliphatic hydroxyl groups is 1. The average molecular weight is 262 g/mol. The van der Waals surface area contributed by atoms with Gasteiger partial charge in [0.1, 0.15) is 12.1 Å². The summed E-state index contributed by atoms with van der Waals surface area (Å²) in [5, 5.41) is 18.3. The lowest BCUT2D eigenvalue weighted by Gasteiger charge is -2.15. The van der Waals surface area contributed by atoms with E-state index in [0.717, 1.165) is 5.56 Å². The molecule has 0 heterocycles. The largest absolute Gasteiger partial charge is 0.480 e. The summed E-state index contributed by atoms with van der Waals surface area (Å²) in [6.07, 6.45) is -1.20. The molecule has 0 saturated carbocycles. The molecule has 0 aliphatic rings. The van der Waals surface area contributed by atoms with E-state index in [1.807, 2.05) is 0 Å². The maximum Gasteiger partial charge on any atom is 0.323 e. The Morgan fingerprint density at radius 1 is 1.41 bits per heavy atom. The Bertz CT molecular complexity index is 355. The van der Waals surface area contributed by atoms with Gasteiger partial charge in [0.25, 0.3) is 0 Å². The van der Waals surface area contributed by atoms with Gasteiger partial charge in [0.2, 0.25) is 0 Å². The van der Waals surface area contributed by atoms with Gasteiger partial charge < -0.3 is 20.7 Å². The smallest absolute Gasteiger partial charge is 0.323 e. The van der Waals surface area contributed by atoms with Crippen LogP contribution in [0.25, 0.3) is 0 Å². The Hall–Kier alpha value is -1.14. The zero-order chi connectivity index (χ0) is 12.1. The number of aliphatic hydroxyl groups excluding tert-OH is 1. The first kappa shape index (κ1) is 15.9. The normalized spacial score (nSPS) is 13.6. The molecule has 4 N–H and O–H groups in total. The number of ether oxygens (including phenoxy) is 1. The number of aliphatic carboxylic acids is 1. The van der Waals surface area contributed by atoms with Gasteiger partial charge in [-0.05, 0) is 11.1 Å². The molecule has 17 heavy (non-hydrogen) atoms. The first-order chi connectivity index (χ1) is 7.56. The van der Waals surface area contributed by atoms with Crippen LogP contribution in [0.4, 0.5) is 0 Å². The SMILES string of the molecule is COCc1ccc([C@@H](O)[C@H](N)C(=O)O)cc1.Cl. The zero-order valence-corrected chi connectivity index (χ0v) is 10.2. The molecule has 0 aliphatic heterocycles. The van der Waals surface area contributed by atoms with Crippen molar-refractivity contribution in [3.05, 3.63) is 35.4 Å². The second kappa shape index (κ2) is 7.24. The van der Waals surface area contributed by atoms with Crippen LogP contribution in [0.3, 0.4) is 0 Å². The Labute approximate surface area is 106 Å². The van der Waals surface area contributed by atoms with Gasteiger partial charge in [-0.1, -0.05) is 24.3 Å². The van der Waals surface area contributed by atoms with Crippen LogP contribution in [-0.2, 0) is 16.1 Å². The molecular weight excluding hydrogens is 246 g/mol. The van der Waals surface area contributed by atoms with Gasteiger partial charge in [-0.15, -0.1) is 12.4 Å². The van der Waals surface area contributed by atoms with Gasteiger partial charge in [0, 0.05) is 7.11 Å². The number of methoxy groups -OCH3 is 1. The van der Waals surface area contributed by atoms with Crippen molar-refractivity contribution in [2.24, 2.45) is 5.73 Å².